The molecule has 0 spiro atoms. The quantitative estimate of drug-likeness (QED) is 0.265. The van der Waals surface area contributed by atoms with Gasteiger partial charge in [-0.15, -0.1) is 0 Å². The van der Waals surface area contributed by atoms with Gasteiger partial charge in [0.05, 0.1) is 16.2 Å². The third-order valence-corrected chi connectivity index (χ3v) is 4.76. The number of rotatable bonds is 5. The van der Waals surface area contributed by atoms with Crippen molar-refractivity contribution in [3.8, 4) is 11.3 Å². The van der Waals surface area contributed by atoms with Gasteiger partial charge in [0.2, 0.25) is 0 Å². The van der Waals surface area contributed by atoms with Crippen LogP contribution >= 0.6 is 11.6 Å². The number of nitro groups is 1. The summed E-state index contributed by atoms with van der Waals surface area (Å²) < 4.78 is 5.65. The first-order valence-electron chi connectivity index (χ1n) is 8.88. The van der Waals surface area contributed by atoms with Crippen LogP contribution in [0.5, 0.6) is 0 Å². The highest BCUT2D eigenvalue weighted by Crippen LogP contribution is 2.32. The minimum absolute atomic E-state index is 0.103. The summed E-state index contributed by atoms with van der Waals surface area (Å²) in [6.45, 7) is 0. The van der Waals surface area contributed by atoms with Gasteiger partial charge in [-0.1, -0.05) is 48.0 Å². The van der Waals surface area contributed by atoms with Crippen LogP contribution in [0.3, 0.4) is 0 Å². The Morgan fingerprint density at radius 1 is 1.07 bits per heavy atom. The molecule has 0 saturated carbocycles. The molecule has 0 unspecified atom stereocenters. The van der Waals surface area contributed by atoms with Crippen LogP contribution in [0.25, 0.3) is 22.1 Å². The van der Waals surface area contributed by atoms with E-state index in [-0.39, 0.29) is 16.6 Å². The predicted octanol–water partition coefficient (Wildman–Crippen LogP) is 5.43. The fraction of sp³-hybridized carbons (Fsp3) is 0. The van der Waals surface area contributed by atoms with E-state index in [9.17, 15) is 14.9 Å². The molecule has 0 bridgehead atoms. The molecule has 4 rings (SSSR count). The summed E-state index contributed by atoms with van der Waals surface area (Å²) in [7, 11) is 0. The van der Waals surface area contributed by atoms with Crippen LogP contribution in [0.2, 0.25) is 5.02 Å². The summed E-state index contributed by atoms with van der Waals surface area (Å²) in [5.74, 6) is 0.475. The first kappa shape index (κ1) is 19.4. The Kier molecular flexibility index (Phi) is 5.28. The Labute approximate surface area is 175 Å². The van der Waals surface area contributed by atoms with Gasteiger partial charge in [0, 0.05) is 23.3 Å². The number of non-ortho nitro benzene ring substituents is 1. The highest BCUT2D eigenvalue weighted by Gasteiger charge is 2.13. The second kappa shape index (κ2) is 8.18. The maximum atomic E-state index is 12.5. The molecule has 8 heteroatoms. The average Bonchev–Trinajstić information content (AvgIpc) is 3.21. The van der Waals surface area contributed by atoms with E-state index in [4.69, 9.17) is 16.0 Å². The first-order chi connectivity index (χ1) is 14.5. The van der Waals surface area contributed by atoms with E-state index >= 15 is 0 Å². The fourth-order valence-electron chi connectivity index (χ4n) is 3.02. The molecule has 0 atom stereocenters. The monoisotopic (exact) mass is 419 g/mol. The third-order valence-electron chi connectivity index (χ3n) is 4.45. The van der Waals surface area contributed by atoms with E-state index in [1.807, 2.05) is 36.4 Å². The van der Waals surface area contributed by atoms with Crippen molar-refractivity contribution >= 4 is 40.2 Å². The second-order valence-electron chi connectivity index (χ2n) is 6.35. The highest BCUT2D eigenvalue weighted by atomic mass is 35.5. The van der Waals surface area contributed by atoms with Crippen LogP contribution in [0.4, 0.5) is 5.69 Å². The largest absolute Gasteiger partial charge is 0.455 e. The molecule has 1 amide bonds. The number of amides is 1. The number of hydrogen-bond acceptors (Lipinski definition) is 5. The van der Waals surface area contributed by atoms with Gasteiger partial charge in [-0.05, 0) is 35.0 Å². The van der Waals surface area contributed by atoms with Gasteiger partial charge in [-0.2, -0.15) is 5.10 Å². The molecule has 0 radical (unpaired) electrons. The lowest BCUT2D eigenvalue weighted by Crippen LogP contribution is -2.17. The molecule has 7 nitrogen and oxygen atoms in total. The van der Waals surface area contributed by atoms with Crippen molar-refractivity contribution in [1.82, 2.24) is 5.43 Å². The van der Waals surface area contributed by atoms with Gasteiger partial charge < -0.3 is 4.42 Å². The Morgan fingerprint density at radius 2 is 1.87 bits per heavy atom. The molecular weight excluding hydrogens is 406 g/mol. The number of nitrogens with zero attached hydrogens (tertiary/aromatic N) is 2. The van der Waals surface area contributed by atoms with Crippen molar-refractivity contribution in [2.24, 2.45) is 5.10 Å². The zero-order valence-corrected chi connectivity index (χ0v) is 16.2. The Bertz CT molecular complexity index is 1290. The number of hydrogen-bond donors (Lipinski definition) is 1. The molecule has 148 valence electrons. The summed E-state index contributed by atoms with van der Waals surface area (Å²) >= 11 is 6.12. The van der Waals surface area contributed by atoms with E-state index in [1.165, 1.54) is 24.4 Å². The predicted molar refractivity (Wildman–Crippen MR) is 115 cm³/mol. The normalized spacial score (nSPS) is 11.1. The molecule has 0 saturated heterocycles. The summed E-state index contributed by atoms with van der Waals surface area (Å²) in [6.07, 6.45) is 1.37. The molecule has 1 aromatic heterocycles. The Hall–Kier alpha value is -3.97. The third kappa shape index (κ3) is 3.92. The molecule has 1 heterocycles. The zero-order valence-electron chi connectivity index (χ0n) is 15.4. The van der Waals surface area contributed by atoms with Gasteiger partial charge in [0.25, 0.3) is 11.6 Å². The van der Waals surface area contributed by atoms with Gasteiger partial charge in [-0.25, -0.2) is 5.43 Å². The summed E-state index contributed by atoms with van der Waals surface area (Å²) in [5.41, 5.74) is 3.42. The minimum Gasteiger partial charge on any atom is -0.455 e. The van der Waals surface area contributed by atoms with Gasteiger partial charge in [0.1, 0.15) is 11.5 Å². The van der Waals surface area contributed by atoms with Crippen LogP contribution in [-0.4, -0.2) is 17.0 Å². The number of halogens is 1. The molecule has 30 heavy (non-hydrogen) atoms. The molecule has 4 aromatic rings. The van der Waals surface area contributed by atoms with Gasteiger partial charge in [0.15, 0.2) is 0 Å². The van der Waals surface area contributed by atoms with E-state index < -0.39 is 4.92 Å². The summed E-state index contributed by atoms with van der Waals surface area (Å²) in [5, 5.41) is 16.8. The van der Waals surface area contributed by atoms with Crippen LogP contribution in [0.15, 0.2) is 82.3 Å². The summed E-state index contributed by atoms with van der Waals surface area (Å²) in [4.78, 5) is 22.8. The maximum absolute atomic E-state index is 12.5. The van der Waals surface area contributed by atoms with Crippen LogP contribution in [0, 0.1) is 10.1 Å². The number of nitrogens with one attached hydrogen (secondary N) is 1. The zero-order chi connectivity index (χ0) is 21.1. The van der Waals surface area contributed by atoms with Crippen LogP contribution in [-0.2, 0) is 0 Å². The number of carbonyl (C=O) groups is 1. The minimum atomic E-state index is -0.519. The fourth-order valence-corrected chi connectivity index (χ4v) is 3.29. The Balaban J connectivity index is 1.49. The number of furan rings is 1. The number of fused-ring (bicyclic) bond motifs is 1. The molecule has 3 aromatic carbocycles. The van der Waals surface area contributed by atoms with Crippen molar-refractivity contribution in [2.45, 2.75) is 0 Å². The Morgan fingerprint density at radius 3 is 2.67 bits per heavy atom. The van der Waals surface area contributed by atoms with E-state index in [1.54, 1.807) is 18.2 Å². The van der Waals surface area contributed by atoms with Crippen molar-refractivity contribution in [2.75, 3.05) is 0 Å². The van der Waals surface area contributed by atoms with Crippen molar-refractivity contribution in [3.63, 3.8) is 0 Å². The van der Waals surface area contributed by atoms with Crippen molar-refractivity contribution in [3.05, 3.63) is 99.3 Å². The molecule has 0 aliphatic heterocycles. The number of nitro benzene ring substituents is 1. The van der Waals surface area contributed by atoms with Crippen LogP contribution in [0.1, 0.15) is 16.1 Å². The second-order valence-corrected chi connectivity index (χ2v) is 6.76. The lowest BCUT2D eigenvalue weighted by Gasteiger charge is -2.04. The van der Waals surface area contributed by atoms with E-state index in [0.717, 1.165) is 10.8 Å². The standard InChI is InChI=1S/C22H14ClN3O4/c23-20-12-15(26(28)29)8-10-19(20)21-11-9-16(30-21)13-24-25-22(27)18-7-3-5-14-4-1-2-6-17(14)18/h1-13H,(H,25,27)/b24-13-. The average molecular weight is 420 g/mol. The maximum Gasteiger partial charge on any atom is 0.271 e. The van der Waals surface area contributed by atoms with Crippen LogP contribution < -0.4 is 5.43 Å². The number of hydrazone groups is 1. The number of carbonyl (C=O) groups excluding carboxylic acids is 1. The molecule has 0 aliphatic rings. The van der Waals surface area contributed by atoms with Crippen molar-refractivity contribution in [1.29, 1.82) is 0 Å². The molecule has 0 aliphatic carbocycles. The topological polar surface area (TPSA) is 97.7 Å². The van der Waals surface area contributed by atoms with Crippen molar-refractivity contribution < 1.29 is 14.1 Å². The lowest BCUT2D eigenvalue weighted by molar-refractivity contribution is -0.384. The molecule has 0 fully saturated rings. The van der Waals surface area contributed by atoms with Gasteiger partial charge in [-0.3, -0.25) is 14.9 Å². The first-order valence-corrected chi connectivity index (χ1v) is 9.26. The lowest BCUT2D eigenvalue weighted by atomic mass is 10.0. The smallest absolute Gasteiger partial charge is 0.271 e. The van der Waals surface area contributed by atoms with E-state index in [2.05, 4.69) is 10.5 Å². The SMILES string of the molecule is O=C(N/N=C\c1ccc(-c2ccc([N+](=O)[O-])cc2Cl)o1)c1cccc2ccccc12. The summed E-state index contributed by atoms with van der Waals surface area (Å²) in [6, 6.07) is 20.5. The number of benzene rings is 3. The van der Waals surface area contributed by atoms with E-state index in [0.29, 0.717) is 22.6 Å². The molecular formula is C22H14ClN3O4. The van der Waals surface area contributed by atoms with Gasteiger partial charge >= 0.3 is 0 Å². The molecule has 1 N–H and O–H groups in total. The highest BCUT2D eigenvalue weighted by molar-refractivity contribution is 6.33.